The topological polar surface area (TPSA) is 12.9 Å². The van der Waals surface area contributed by atoms with Crippen LogP contribution < -0.4 is 10.6 Å². The molecule has 1 nitrogen and oxygen atoms in total. The summed E-state index contributed by atoms with van der Waals surface area (Å²) in [4.78, 5) is 4.04. The molecule has 2 heteroatoms. The van der Waals surface area contributed by atoms with Gasteiger partial charge in [-0.2, -0.15) is 0 Å². The van der Waals surface area contributed by atoms with Crippen LogP contribution in [-0.2, 0) is 0 Å². The fraction of sp³-hybridized carbons (Fsp3) is 0.100. The largest absolute Gasteiger partial charge is 0.257 e. The van der Waals surface area contributed by atoms with Crippen molar-refractivity contribution in [3.63, 3.8) is 0 Å². The Balaban J connectivity index is 3.29. The van der Waals surface area contributed by atoms with Gasteiger partial charge in [0.15, 0.2) is 0 Å². The van der Waals surface area contributed by atoms with Crippen molar-refractivity contribution in [1.29, 1.82) is 0 Å². The first-order chi connectivity index (χ1) is 5.74. The summed E-state index contributed by atoms with van der Waals surface area (Å²) in [5.41, 5.74) is 0. The molecule has 0 N–H and O–H groups in total. The smallest absolute Gasteiger partial charge is 0.0630 e. The number of nitrogens with zero attached hydrogens (tertiary/aromatic N) is 1. The number of pyridine rings is 1. The molecule has 0 spiro atoms. The third-order valence-corrected chi connectivity index (χ3v) is 1.82. The van der Waals surface area contributed by atoms with E-state index in [1.165, 1.54) is 0 Å². The van der Waals surface area contributed by atoms with Gasteiger partial charge < -0.3 is 0 Å². The Morgan fingerprint density at radius 3 is 3.00 bits per heavy atom. The fourth-order valence-electron chi connectivity index (χ4n) is 0.814. The van der Waals surface area contributed by atoms with Crippen molar-refractivity contribution >= 4 is 24.3 Å². The first-order valence-corrected chi connectivity index (χ1v) is 4.05. The normalized spacial score (nSPS) is 13.5. The molecule has 1 heterocycles. The zero-order valence-electron chi connectivity index (χ0n) is 6.92. The van der Waals surface area contributed by atoms with E-state index in [2.05, 4.69) is 11.6 Å². The predicted molar refractivity (Wildman–Crippen MR) is 53.1 cm³/mol. The minimum Gasteiger partial charge on any atom is -0.257 e. The molecule has 62 valence electrons. The molecule has 0 aliphatic rings. The maximum atomic E-state index is 5.82. The molecule has 0 aliphatic heterocycles. The lowest BCUT2D eigenvalue weighted by molar-refractivity contribution is 1.23. The van der Waals surface area contributed by atoms with Crippen molar-refractivity contribution in [3.8, 4) is 0 Å². The molecule has 1 aromatic heterocycles. The summed E-state index contributed by atoms with van der Waals surface area (Å²) in [5.74, 6) is 0. The summed E-state index contributed by atoms with van der Waals surface area (Å²) in [6.45, 7) is 5.67. The fourth-order valence-corrected chi connectivity index (χ4v) is 0.931. The number of allylic oxidation sites excluding steroid dienone is 2. The van der Waals surface area contributed by atoms with Crippen molar-refractivity contribution in [2.75, 3.05) is 0 Å². The van der Waals surface area contributed by atoms with Crippen molar-refractivity contribution in [1.82, 2.24) is 4.98 Å². The van der Waals surface area contributed by atoms with Crippen molar-refractivity contribution in [3.05, 3.63) is 40.0 Å². The van der Waals surface area contributed by atoms with E-state index in [1.54, 1.807) is 6.20 Å². The molecule has 1 rings (SSSR count). The van der Waals surface area contributed by atoms with Crippen LogP contribution in [0.3, 0.4) is 0 Å². The van der Waals surface area contributed by atoms with Gasteiger partial charge in [0, 0.05) is 16.4 Å². The number of hydrogen-bond donors (Lipinski definition) is 0. The van der Waals surface area contributed by atoms with Crippen LogP contribution in [-0.4, -0.2) is 4.98 Å². The zero-order valence-corrected chi connectivity index (χ0v) is 7.67. The van der Waals surface area contributed by atoms with E-state index in [0.29, 0.717) is 5.03 Å². The van der Waals surface area contributed by atoms with Crippen LogP contribution in [0.25, 0.3) is 12.7 Å². The van der Waals surface area contributed by atoms with E-state index in [0.717, 1.165) is 10.6 Å². The molecule has 1 aromatic rings. The Bertz CT molecular complexity index is 393. The molecule has 12 heavy (non-hydrogen) atoms. The van der Waals surface area contributed by atoms with Gasteiger partial charge in [-0.15, -0.1) is 0 Å². The van der Waals surface area contributed by atoms with E-state index < -0.39 is 0 Å². The SMILES string of the molecule is C=c1nccc/c1=C/C(Cl)=C\C. The number of hydrogen-bond acceptors (Lipinski definition) is 1. The molecule has 0 saturated heterocycles. The molecule has 0 aliphatic carbocycles. The maximum absolute atomic E-state index is 5.82. The summed E-state index contributed by atoms with van der Waals surface area (Å²) in [6.07, 6.45) is 5.38. The highest BCUT2D eigenvalue weighted by molar-refractivity contribution is 6.33. The quantitative estimate of drug-likeness (QED) is 0.636. The molecule has 0 radical (unpaired) electrons. The number of aromatic nitrogens is 1. The lowest BCUT2D eigenvalue weighted by atomic mass is 10.3. The van der Waals surface area contributed by atoms with E-state index in [9.17, 15) is 0 Å². The summed E-state index contributed by atoms with van der Waals surface area (Å²) < 4.78 is 0. The molecular formula is C10H10ClN. The van der Waals surface area contributed by atoms with E-state index in [-0.39, 0.29) is 0 Å². The van der Waals surface area contributed by atoms with Crippen molar-refractivity contribution in [2.45, 2.75) is 6.92 Å². The highest BCUT2D eigenvalue weighted by Gasteiger charge is 1.84. The van der Waals surface area contributed by atoms with Gasteiger partial charge in [0.1, 0.15) is 0 Å². The third-order valence-electron chi connectivity index (χ3n) is 1.49. The van der Waals surface area contributed by atoms with Gasteiger partial charge in [-0.25, -0.2) is 0 Å². The highest BCUT2D eigenvalue weighted by Crippen LogP contribution is 1.99. The second-order valence-electron chi connectivity index (χ2n) is 2.36. The van der Waals surface area contributed by atoms with E-state index in [1.807, 2.05) is 31.2 Å². The van der Waals surface area contributed by atoms with Gasteiger partial charge in [0.05, 0.1) is 5.35 Å². The van der Waals surface area contributed by atoms with Crippen LogP contribution in [0.2, 0.25) is 0 Å². The highest BCUT2D eigenvalue weighted by atomic mass is 35.5. The first-order valence-electron chi connectivity index (χ1n) is 3.67. The number of rotatable bonds is 1. The average Bonchev–Trinajstić information content (AvgIpc) is 2.09. The van der Waals surface area contributed by atoms with Crippen LogP contribution >= 0.6 is 11.6 Å². The minimum atomic E-state index is 0.702. The Morgan fingerprint density at radius 1 is 1.67 bits per heavy atom. The Labute approximate surface area is 76.7 Å². The van der Waals surface area contributed by atoms with Gasteiger partial charge >= 0.3 is 0 Å². The summed E-state index contributed by atoms with van der Waals surface area (Å²) in [6, 6.07) is 3.79. The van der Waals surface area contributed by atoms with Crippen LogP contribution in [0.4, 0.5) is 0 Å². The van der Waals surface area contributed by atoms with Crippen LogP contribution in [0, 0.1) is 0 Å². The molecule has 0 unspecified atom stereocenters. The molecule has 0 amide bonds. The molecule has 0 aromatic carbocycles. The maximum Gasteiger partial charge on any atom is 0.0630 e. The Hall–Kier alpha value is -1.08. The van der Waals surface area contributed by atoms with Gasteiger partial charge in [0.2, 0.25) is 0 Å². The summed E-state index contributed by atoms with van der Waals surface area (Å²) >= 11 is 5.82. The second-order valence-corrected chi connectivity index (χ2v) is 2.79. The summed E-state index contributed by atoms with van der Waals surface area (Å²) in [7, 11) is 0. The number of halogens is 1. The van der Waals surface area contributed by atoms with Crippen LogP contribution in [0.5, 0.6) is 0 Å². The molecule has 0 bridgehead atoms. The van der Waals surface area contributed by atoms with Crippen molar-refractivity contribution in [2.24, 2.45) is 0 Å². The molecule has 0 atom stereocenters. The van der Waals surface area contributed by atoms with Gasteiger partial charge in [-0.05, 0) is 19.1 Å². The zero-order chi connectivity index (χ0) is 8.97. The van der Waals surface area contributed by atoms with Gasteiger partial charge in [-0.1, -0.05) is 30.3 Å². The average molecular weight is 180 g/mol. The lowest BCUT2D eigenvalue weighted by Crippen LogP contribution is -2.25. The lowest BCUT2D eigenvalue weighted by Gasteiger charge is -1.87. The van der Waals surface area contributed by atoms with E-state index >= 15 is 0 Å². The third kappa shape index (κ3) is 2.21. The Kier molecular flexibility index (Phi) is 3.06. The van der Waals surface area contributed by atoms with Gasteiger partial charge in [0.25, 0.3) is 0 Å². The van der Waals surface area contributed by atoms with Crippen LogP contribution in [0.1, 0.15) is 6.92 Å². The van der Waals surface area contributed by atoms with Gasteiger partial charge in [-0.3, -0.25) is 4.98 Å². The minimum absolute atomic E-state index is 0.702. The van der Waals surface area contributed by atoms with Crippen molar-refractivity contribution < 1.29 is 0 Å². The molecular weight excluding hydrogens is 170 g/mol. The second kappa shape index (κ2) is 4.07. The standard InChI is InChI=1S/C10H10ClN/c1-3-10(11)7-9-5-4-6-12-8(9)2/h3-7H,2H2,1H3/b9-7-,10-3+. The predicted octanol–water partition coefficient (Wildman–Crippen LogP) is 1.42. The first kappa shape index (κ1) is 9.01. The monoisotopic (exact) mass is 179 g/mol. The van der Waals surface area contributed by atoms with E-state index in [4.69, 9.17) is 11.6 Å². The molecule has 0 fully saturated rings. The Morgan fingerprint density at radius 2 is 2.42 bits per heavy atom. The summed E-state index contributed by atoms with van der Waals surface area (Å²) in [5, 5.41) is 2.41. The van der Waals surface area contributed by atoms with Crippen LogP contribution in [0.15, 0.2) is 29.4 Å². The molecule has 0 saturated carbocycles.